The first-order valence-electron chi connectivity index (χ1n) is 8.33. The number of nitrogens with one attached hydrogen (secondary N) is 1. The summed E-state index contributed by atoms with van der Waals surface area (Å²) in [6.45, 7) is 4.39. The largest absolute Gasteiger partial charge is 1.00 e. The first-order valence-corrected chi connectivity index (χ1v) is 8.33. The van der Waals surface area contributed by atoms with Crippen molar-refractivity contribution < 1.29 is 56.2 Å². The van der Waals surface area contributed by atoms with Gasteiger partial charge in [-0.05, 0) is 43.6 Å². The summed E-state index contributed by atoms with van der Waals surface area (Å²) in [5.41, 5.74) is 9.70. The van der Waals surface area contributed by atoms with Gasteiger partial charge in [-0.25, -0.2) is 0 Å². The van der Waals surface area contributed by atoms with Crippen LogP contribution in [0.4, 0.5) is 0 Å². The molecule has 22 heavy (non-hydrogen) atoms. The molecule has 0 radical (unpaired) electrons. The molecule has 0 heterocycles. The van der Waals surface area contributed by atoms with Crippen LogP contribution >= 0.6 is 0 Å². The fourth-order valence-electron chi connectivity index (χ4n) is 3.31. The Balaban J connectivity index is 0.00000242. The molecule has 1 aliphatic carbocycles. The van der Waals surface area contributed by atoms with Gasteiger partial charge in [0.25, 0.3) is 0 Å². The van der Waals surface area contributed by atoms with E-state index in [-0.39, 0.29) is 57.3 Å². The Labute approximate surface area is 178 Å². The van der Waals surface area contributed by atoms with Crippen LogP contribution in [0, 0.1) is 17.8 Å². The normalized spacial score (nSPS) is 17.2. The van der Waals surface area contributed by atoms with Crippen molar-refractivity contribution in [3.05, 3.63) is 41.1 Å². The second-order valence-corrected chi connectivity index (χ2v) is 6.75. The fraction of sp³-hybridized carbons (Fsp3) is 0.632. The third-order valence-electron chi connectivity index (χ3n) is 5.18. The van der Waals surface area contributed by atoms with Gasteiger partial charge in [0.1, 0.15) is 5.78 Å². The second-order valence-electron chi connectivity index (χ2n) is 6.75. The van der Waals surface area contributed by atoms with Gasteiger partial charge in [0.05, 0.1) is 0 Å². The van der Waals surface area contributed by atoms with E-state index in [2.05, 4.69) is 19.1 Å². The third kappa shape index (κ3) is 6.18. The molecule has 1 N–H and O–H groups in total. The summed E-state index contributed by atoms with van der Waals surface area (Å²) in [7, 11) is 0. The summed E-state index contributed by atoms with van der Waals surface area (Å²) in [6.07, 6.45) is 7.19. The number of Topliss-reactive ketones (excluding diaryl/α,β-unsaturated/α-hetero) is 1. The SMILES string of the molecule is CC(=O)C(CCC(C)C1CCC1)Cc1cccc(C[NH-])c1.[K+]. The van der Waals surface area contributed by atoms with E-state index >= 15 is 0 Å². The van der Waals surface area contributed by atoms with Crippen molar-refractivity contribution in [1.29, 1.82) is 0 Å². The standard InChI is InChI=1S/C19H28NO.K/c1-14(18-7-4-8-18)9-10-19(15(2)21)12-16-5-3-6-17(11-16)13-20;/h3,5-6,11,14,18-20H,4,7-10,12-13H2,1-2H3;/q-1;+1. The Morgan fingerprint density at radius 2 is 1.95 bits per heavy atom. The van der Waals surface area contributed by atoms with Gasteiger partial charge in [-0.15, -0.1) is 6.54 Å². The molecule has 2 unspecified atom stereocenters. The maximum absolute atomic E-state index is 11.9. The smallest absolute Gasteiger partial charge is 0.674 e. The molecule has 2 atom stereocenters. The molecule has 0 amide bonds. The molecule has 1 saturated carbocycles. The number of carbonyl (C=O) groups is 1. The Bertz CT molecular complexity index is 470. The van der Waals surface area contributed by atoms with Gasteiger partial charge in [0.2, 0.25) is 0 Å². The minimum Gasteiger partial charge on any atom is -0.674 e. The van der Waals surface area contributed by atoms with Crippen LogP contribution in [-0.2, 0) is 17.8 Å². The molecule has 1 aliphatic rings. The van der Waals surface area contributed by atoms with Crippen LogP contribution < -0.4 is 51.4 Å². The molecule has 116 valence electrons. The van der Waals surface area contributed by atoms with Crippen molar-refractivity contribution in [2.24, 2.45) is 17.8 Å². The molecule has 0 spiro atoms. The summed E-state index contributed by atoms with van der Waals surface area (Å²) in [5.74, 6) is 2.13. The Kier molecular flexibility index (Phi) is 9.68. The average Bonchev–Trinajstić information content (AvgIpc) is 2.41. The van der Waals surface area contributed by atoms with E-state index in [4.69, 9.17) is 5.73 Å². The van der Waals surface area contributed by atoms with Crippen LogP contribution in [-0.4, -0.2) is 5.78 Å². The quantitative estimate of drug-likeness (QED) is 0.676. The maximum Gasteiger partial charge on any atom is 1.00 e. The molecular weight excluding hydrogens is 297 g/mol. The summed E-state index contributed by atoms with van der Waals surface area (Å²) in [6, 6.07) is 8.16. The summed E-state index contributed by atoms with van der Waals surface area (Å²) < 4.78 is 0. The number of carbonyl (C=O) groups excluding carboxylic acids is 1. The maximum atomic E-state index is 11.9. The number of hydrogen-bond donors (Lipinski definition) is 0. The molecule has 0 aliphatic heterocycles. The van der Waals surface area contributed by atoms with Gasteiger partial charge < -0.3 is 5.73 Å². The van der Waals surface area contributed by atoms with Gasteiger partial charge in [-0.1, -0.05) is 56.0 Å². The van der Waals surface area contributed by atoms with Crippen molar-refractivity contribution in [2.75, 3.05) is 0 Å². The second kappa shape index (κ2) is 10.4. The van der Waals surface area contributed by atoms with Gasteiger partial charge >= 0.3 is 51.4 Å². The molecule has 1 fully saturated rings. The van der Waals surface area contributed by atoms with E-state index in [1.165, 1.54) is 31.2 Å². The Hall–Kier alpha value is 0.486. The van der Waals surface area contributed by atoms with Crippen molar-refractivity contribution in [3.8, 4) is 0 Å². The molecular formula is C19H28KNO. The van der Waals surface area contributed by atoms with Crippen LogP contribution in [0.3, 0.4) is 0 Å². The van der Waals surface area contributed by atoms with E-state index in [0.717, 1.165) is 30.2 Å². The monoisotopic (exact) mass is 325 g/mol. The molecule has 0 aromatic heterocycles. The molecule has 1 aromatic carbocycles. The molecule has 0 bridgehead atoms. The van der Waals surface area contributed by atoms with E-state index in [0.29, 0.717) is 12.3 Å². The predicted molar refractivity (Wildman–Crippen MR) is 88.1 cm³/mol. The minimum absolute atomic E-state index is 0. The van der Waals surface area contributed by atoms with Crippen LogP contribution in [0.25, 0.3) is 5.73 Å². The topological polar surface area (TPSA) is 40.9 Å². The van der Waals surface area contributed by atoms with Crippen molar-refractivity contribution in [1.82, 2.24) is 0 Å². The van der Waals surface area contributed by atoms with Gasteiger partial charge in [0.15, 0.2) is 0 Å². The number of hydrogen-bond acceptors (Lipinski definition) is 1. The zero-order chi connectivity index (χ0) is 15.2. The summed E-state index contributed by atoms with van der Waals surface area (Å²) in [5, 5.41) is 0. The molecule has 0 saturated heterocycles. The van der Waals surface area contributed by atoms with Gasteiger partial charge in [-0.3, -0.25) is 4.79 Å². The van der Waals surface area contributed by atoms with Crippen molar-refractivity contribution in [3.63, 3.8) is 0 Å². The third-order valence-corrected chi connectivity index (χ3v) is 5.18. The van der Waals surface area contributed by atoms with Gasteiger partial charge in [0, 0.05) is 5.92 Å². The van der Waals surface area contributed by atoms with E-state index in [1.54, 1.807) is 6.92 Å². The Morgan fingerprint density at radius 1 is 1.27 bits per heavy atom. The minimum atomic E-state index is 0. The van der Waals surface area contributed by atoms with Gasteiger partial charge in [-0.2, -0.15) is 0 Å². The predicted octanol–water partition coefficient (Wildman–Crippen LogP) is 2.21. The zero-order valence-electron chi connectivity index (χ0n) is 14.4. The first-order chi connectivity index (χ1) is 10.1. The number of ketones is 1. The van der Waals surface area contributed by atoms with E-state index in [9.17, 15) is 4.79 Å². The average molecular weight is 326 g/mol. The number of rotatable bonds is 8. The van der Waals surface area contributed by atoms with Crippen molar-refractivity contribution >= 4 is 5.78 Å². The summed E-state index contributed by atoms with van der Waals surface area (Å²) in [4.78, 5) is 11.9. The van der Waals surface area contributed by atoms with E-state index in [1.807, 2.05) is 12.1 Å². The first kappa shape index (κ1) is 20.5. The van der Waals surface area contributed by atoms with Crippen LogP contribution in [0.15, 0.2) is 24.3 Å². The molecule has 2 rings (SSSR count). The Morgan fingerprint density at radius 3 is 2.50 bits per heavy atom. The number of benzene rings is 1. The van der Waals surface area contributed by atoms with Crippen LogP contribution in [0.1, 0.15) is 57.1 Å². The van der Waals surface area contributed by atoms with Crippen molar-refractivity contribution in [2.45, 2.75) is 58.9 Å². The molecule has 3 heteroatoms. The zero-order valence-corrected chi connectivity index (χ0v) is 17.5. The van der Waals surface area contributed by atoms with Crippen LogP contribution in [0.5, 0.6) is 0 Å². The van der Waals surface area contributed by atoms with Crippen LogP contribution in [0.2, 0.25) is 0 Å². The molecule has 2 nitrogen and oxygen atoms in total. The fourth-order valence-corrected chi connectivity index (χ4v) is 3.31. The molecule has 1 aromatic rings. The summed E-state index contributed by atoms with van der Waals surface area (Å²) >= 11 is 0. The van der Waals surface area contributed by atoms with E-state index < -0.39 is 0 Å².